The number of likely N-dealkylation sites (N-methyl/N-ethyl adjacent to an activating group) is 1. The van der Waals surface area contributed by atoms with Crippen LogP contribution in [0.3, 0.4) is 0 Å². The molecule has 0 spiro atoms. The highest BCUT2D eigenvalue weighted by Crippen LogP contribution is 2.29. The molecule has 1 aromatic carbocycles. The second kappa shape index (κ2) is 6.78. The van der Waals surface area contributed by atoms with Gasteiger partial charge in [-0.05, 0) is 49.9 Å². The van der Waals surface area contributed by atoms with Crippen molar-refractivity contribution in [2.75, 3.05) is 20.1 Å². The van der Waals surface area contributed by atoms with E-state index < -0.39 is 0 Å². The summed E-state index contributed by atoms with van der Waals surface area (Å²) in [5, 5.41) is 0. The fraction of sp³-hybridized carbons (Fsp3) is 0.611. The van der Waals surface area contributed by atoms with Gasteiger partial charge in [-0.2, -0.15) is 0 Å². The van der Waals surface area contributed by atoms with Gasteiger partial charge >= 0.3 is 0 Å². The van der Waals surface area contributed by atoms with Gasteiger partial charge in [-0.1, -0.05) is 18.6 Å². The first-order valence-electron chi connectivity index (χ1n) is 8.37. The minimum absolute atomic E-state index is 0.177. The molecule has 0 radical (unpaired) electrons. The van der Waals surface area contributed by atoms with Crippen LogP contribution in [0.4, 0.5) is 4.39 Å². The van der Waals surface area contributed by atoms with Gasteiger partial charge in [0, 0.05) is 32.1 Å². The Bertz CT molecular complexity index is 530. The monoisotopic (exact) mass is 304 g/mol. The van der Waals surface area contributed by atoms with Gasteiger partial charge in [-0.3, -0.25) is 9.69 Å². The van der Waals surface area contributed by atoms with Crippen LogP contribution in [-0.2, 0) is 11.3 Å². The van der Waals surface area contributed by atoms with Gasteiger partial charge in [0.25, 0.3) is 0 Å². The number of carbonyl (C=O) groups excluding carboxylic acids is 1. The van der Waals surface area contributed by atoms with Crippen molar-refractivity contribution >= 4 is 5.91 Å². The second-order valence-corrected chi connectivity index (χ2v) is 6.74. The lowest BCUT2D eigenvalue weighted by Gasteiger charge is -2.40. The average molecular weight is 304 g/mol. The fourth-order valence-electron chi connectivity index (χ4n) is 3.51. The number of rotatable bonds is 4. The van der Waals surface area contributed by atoms with Crippen molar-refractivity contribution in [3.05, 3.63) is 35.6 Å². The van der Waals surface area contributed by atoms with Crippen molar-refractivity contribution in [2.24, 2.45) is 5.92 Å². The maximum atomic E-state index is 13.3. The van der Waals surface area contributed by atoms with Gasteiger partial charge in [0.1, 0.15) is 5.82 Å². The van der Waals surface area contributed by atoms with Crippen LogP contribution in [0.15, 0.2) is 24.3 Å². The Morgan fingerprint density at radius 3 is 2.82 bits per heavy atom. The van der Waals surface area contributed by atoms with E-state index in [1.807, 2.05) is 18.0 Å². The predicted molar refractivity (Wildman–Crippen MR) is 84.8 cm³/mol. The van der Waals surface area contributed by atoms with E-state index in [2.05, 4.69) is 4.90 Å². The quantitative estimate of drug-likeness (QED) is 0.853. The Morgan fingerprint density at radius 2 is 2.14 bits per heavy atom. The molecule has 1 aliphatic heterocycles. The number of amides is 1. The summed E-state index contributed by atoms with van der Waals surface area (Å²) in [4.78, 5) is 16.7. The molecule has 0 bridgehead atoms. The van der Waals surface area contributed by atoms with Crippen molar-refractivity contribution in [2.45, 2.75) is 44.7 Å². The minimum Gasteiger partial charge on any atom is -0.341 e. The van der Waals surface area contributed by atoms with E-state index in [4.69, 9.17) is 0 Å². The summed E-state index contributed by atoms with van der Waals surface area (Å²) < 4.78 is 13.3. The smallest absolute Gasteiger partial charge is 0.225 e. The minimum atomic E-state index is -0.177. The summed E-state index contributed by atoms with van der Waals surface area (Å²) in [6.07, 6.45) is 5.49. The number of likely N-dealkylation sites (tertiary alicyclic amines) is 1. The van der Waals surface area contributed by atoms with Crippen LogP contribution >= 0.6 is 0 Å². The molecule has 4 heteroatoms. The molecule has 0 N–H and O–H groups in total. The average Bonchev–Trinajstić information content (AvgIpc) is 2.45. The van der Waals surface area contributed by atoms with E-state index in [-0.39, 0.29) is 11.7 Å². The second-order valence-electron chi connectivity index (χ2n) is 6.74. The summed E-state index contributed by atoms with van der Waals surface area (Å²) in [5.74, 6) is 0.413. The summed E-state index contributed by atoms with van der Waals surface area (Å²) in [7, 11) is 1.96. The maximum Gasteiger partial charge on any atom is 0.225 e. The van der Waals surface area contributed by atoms with Crippen molar-refractivity contribution < 1.29 is 9.18 Å². The first-order chi connectivity index (χ1) is 10.6. The molecule has 1 heterocycles. The predicted octanol–water partition coefficient (Wildman–Crippen LogP) is 3.05. The number of hydrogen-bond acceptors (Lipinski definition) is 2. The SMILES string of the molecule is CN(C(=O)C1CCC1)C1CCCN(Cc2cccc(F)c2)C1. The van der Waals surface area contributed by atoms with Crippen LogP contribution in [0.5, 0.6) is 0 Å². The lowest BCUT2D eigenvalue weighted by molar-refractivity contribution is -0.140. The first-order valence-corrected chi connectivity index (χ1v) is 8.37. The third-order valence-corrected chi connectivity index (χ3v) is 5.13. The largest absolute Gasteiger partial charge is 0.341 e. The van der Waals surface area contributed by atoms with Crippen molar-refractivity contribution in [3.63, 3.8) is 0 Å². The molecule has 22 heavy (non-hydrogen) atoms. The molecule has 1 atom stereocenters. The molecular formula is C18H25FN2O. The Hall–Kier alpha value is -1.42. The zero-order chi connectivity index (χ0) is 15.5. The van der Waals surface area contributed by atoms with E-state index in [1.54, 1.807) is 12.1 Å². The van der Waals surface area contributed by atoms with Gasteiger partial charge < -0.3 is 4.90 Å². The summed E-state index contributed by atoms with van der Waals surface area (Å²) >= 11 is 0. The molecule has 2 fully saturated rings. The van der Waals surface area contributed by atoms with Crippen molar-refractivity contribution in [1.82, 2.24) is 9.80 Å². The van der Waals surface area contributed by atoms with Crippen LogP contribution in [0.2, 0.25) is 0 Å². The molecule has 2 aliphatic rings. The highest BCUT2D eigenvalue weighted by atomic mass is 19.1. The van der Waals surface area contributed by atoms with Crippen LogP contribution in [0.25, 0.3) is 0 Å². The van der Waals surface area contributed by atoms with Gasteiger partial charge in [0.05, 0.1) is 0 Å². The van der Waals surface area contributed by atoms with Gasteiger partial charge in [0.2, 0.25) is 5.91 Å². The Balaban J connectivity index is 1.57. The number of hydrogen-bond donors (Lipinski definition) is 0. The van der Waals surface area contributed by atoms with E-state index >= 15 is 0 Å². The fourth-order valence-corrected chi connectivity index (χ4v) is 3.51. The number of carbonyl (C=O) groups is 1. The van der Waals surface area contributed by atoms with Crippen LogP contribution in [-0.4, -0.2) is 41.9 Å². The number of benzene rings is 1. The van der Waals surface area contributed by atoms with Gasteiger partial charge in [0.15, 0.2) is 0 Å². The highest BCUT2D eigenvalue weighted by Gasteiger charge is 2.32. The lowest BCUT2D eigenvalue weighted by atomic mass is 9.84. The molecule has 120 valence electrons. The highest BCUT2D eigenvalue weighted by molar-refractivity contribution is 5.79. The summed E-state index contributed by atoms with van der Waals surface area (Å²) in [6.45, 7) is 2.68. The topological polar surface area (TPSA) is 23.6 Å². The molecule has 1 saturated heterocycles. The molecule has 1 amide bonds. The third kappa shape index (κ3) is 3.49. The number of halogens is 1. The van der Waals surface area contributed by atoms with E-state index in [9.17, 15) is 9.18 Å². The lowest BCUT2D eigenvalue weighted by Crippen LogP contribution is -2.50. The van der Waals surface area contributed by atoms with Crippen molar-refractivity contribution in [1.29, 1.82) is 0 Å². The molecule has 1 saturated carbocycles. The van der Waals surface area contributed by atoms with Crippen LogP contribution < -0.4 is 0 Å². The first kappa shape index (κ1) is 15.5. The molecule has 1 aromatic rings. The van der Waals surface area contributed by atoms with Crippen LogP contribution in [0.1, 0.15) is 37.7 Å². The summed E-state index contributed by atoms with van der Waals surface area (Å²) in [5.41, 5.74) is 1.01. The van der Waals surface area contributed by atoms with Crippen molar-refractivity contribution in [3.8, 4) is 0 Å². The molecular weight excluding hydrogens is 279 g/mol. The molecule has 1 unspecified atom stereocenters. The van der Waals surface area contributed by atoms with E-state index in [1.165, 1.54) is 12.5 Å². The molecule has 3 rings (SSSR count). The number of nitrogens with zero attached hydrogens (tertiary/aromatic N) is 2. The van der Waals surface area contributed by atoms with Crippen LogP contribution in [0, 0.1) is 11.7 Å². The Labute approximate surface area is 132 Å². The molecule has 3 nitrogen and oxygen atoms in total. The number of piperidine rings is 1. The Kier molecular flexibility index (Phi) is 4.77. The van der Waals surface area contributed by atoms with E-state index in [0.29, 0.717) is 11.9 Å². The Morgan fingerprint density at radius 1 is 1.32 bits per heavy atom. The van der Waals surface area contributed by atoms with Gasteiger partial charge in [-0.15, -0.1) is 0 Å². The normalized spacial score (nSPS) is 23.1. The zero-order valence-corrected chi connectivity index (χ0v) is 13.3. The molecule has 1 aliphatic carbocycles. The standard InChI is InChI=1S/C18H25FN2O/c1-20(18(22)15-6-3-7-15)17-9-4-10-21(13-17)12-14-5-2-8-16(19)11-14/h2,5,8,11,15,17H,3-4,6-7,9-10,12-13H2,1H3. The zero-order valence-electron chi connectivity index (χ0n) is 13.3. The van der Waals surface area contributed by atoms with E-state index in [0.717, 1.165) is 50.9 Å². The van der Waals surface area contributed by atoms with Gasteiger partial charge in [-0.25, -0.2) is 4.39 Å². The maximum absolute atomic E-state index is 13.3. The summed E-state index contributed by atoms with van der Waals surface area (Å²) in [6, 6.07) is 7.12. The third-order valence-electron chi connectivity index (χ3n) is 5.13. The molecule has 0 aromatic heterocycles.